The summed E-state index contributed by atoms with van der Waals surface area (Å²) in [6.07, 6.45) is 1.39. The Labute approximate surface area is 81.3 Å². The van der Waals surface area contributed by atoms with Gasteiger partial charge in [-0.3, -0.25) is 9.59 Å². The van der Waals surface area contributed by atoms with Gasteiger partial charge in [0.2, 0.25) is 0 Å². The standard InChI is InChI=1S/C9H13N3O2/c1-3-11-8(13)7-5(2)6(10)4-12-9(7)14/h4H,3,10H2,1-2H3,(H,11,13)(H,12,14). The molecule has 1 heterocycles. The zero-order valence-corrected chi connectivity index (χ0v) is 8.18. The largest absolute Gasteiger partial charge is 0.397 e. The van der Waals surface area contributed by atoms with E-state index in [4.69, 9.17) is 5.73 Å². The van der Waals surface area contributed by atoms with E-state index in [0.717, 1.165) is 0 Å². The number of nitrogen functional groups attached to an aromatic ring is 1. The minimum atomic E-state index is -0.414. The normalized spacial score (nSPS) is 9.86. The van der Waals surface area contributed by atoms with Crippen molar-refractivity contribution in [1.82, 2.24) is 10.3 Å². The molecule has 1 aromatic rings. The van der Waals surface area contributed by atoms with E-state index in [0.29, 0.717) is 17.8 Å². The predicted molar refractivity (Wildman–Crippen MR) is 54.2 cm³/mol. The highest BCUT2D eigenvalue weighted by molar-refractivity contribution is 5.96. The lowest BCUT2D eigenvalue weighted by Crippen LogP contribution is -2.30. The van der Waals surface area contributed by atoms with Crippen molar-refractivity contribution in [1.29, 1.82) is 0 Å². The van der Waals surface area contributed by atoms with Gasteiger partial charge >= 0.3 is 0 Å². The Bertz CT molecular complexity index is 409. The van der Waals surface area contributed by atoms with Crippen LogP contribution in [0.3, 0.4) is 0 Å². The van der Waals surface area contributed by atoms with E-state index in [-0.39, 0.29) is 5.56 Å². The fourth-order valence-electron chi connectivity index (χ4n) is 1.16. The summed E-state index contributed by atoms with van der Waals surface area (Å²) in [5, 5.41) is 2.56. The maximum Gasteiger partial charge on any atom is 0.261 e. The first kappa shape index (κ1) is 10.3. The van der Waals surface area contributed by atoms with Gasteiger partial charge in [0.1, 0.15) is 5.56 Å². The van der Waals surface area contributed by atoms with E-state index in [9.17, 15) is 9.59 Å². The molecule has 1 amide bonds. The molecule has 0 fully saturated rings. The second-order valence-corrected chi connectivity index (χ2v) is 2.93. The van der Waals surface area contributed by atoms with Crippen molar-refractivity contribution in [2.45, 2.75) is 13.8 Å². The first-order chi connectivity index (χ1) is 6.57. The number of pyridine rings is 1. The number of aromatic nitrogens is 1. The van der Waals surface area contributed by atoms with Gasteiger partial charge in [-0.25, -0.2) is 0 Å². The lowest BCUT2D eigenvalue weighted by atomic mass is 10.1. The van der Waals surface area contributed by atoms with Crippen LogP contribution in [0.15, 0.2) is 11.0 Å². The molecule has 1 aromatic heterocycles. The van der Waals surface area contributed by atoms with E-state index in [1.165, 1.54) is 6.20 Å². The van der Waals surface area contributed by atoms with Crippen LogP contribution in [0, 0.1) is 6.92 Å². The summed E-state index contributed by atoms with van der Waals surface area (Å²) >= 11 is 0. The van der Waals surface area contributed by atoms with Crippen molar-refractivity contribution < 1.29 is 4.79 Å². The van der Waals surface area contributed by atoms with Crippen LogP contribution >= 0.6 is 0 Å². The van der Waals surface area contributed by atoms with Crippen LogP contribution in [0.25, 0.3) is 0 Å². The first-order valence-corrected chi connectivity index (χ1v) is 4.33. The summed E-state index contributed by atoms with van der Waals surface area (Å²) in [5.74, 6) is -0.390. The number of H-pyrrole nitrogens is 1. The number of anilines is 1. The SMILES string of the molecule is CCNC(=O)c1c(C)c(N)c[nH]c1=O. The predicted octanol–water partition coefficient (Wildman–Crippen LogP) is 0.0152. The number of nitrogens with one attached hydrogen (secondary N) is 2. The second-order valence-electron chi connectivity index (χ2n) is 2.93. The number of hydrogen-bond donors (Lipinski definition) is 3. The number of hydrogen-bond acceptors (Lipinski definition) is 3. The molecule has 0 saturated carbocycles. The van der Waals surface area contributed by atoms with Crippen LogP contribution in [0.4, 0.5) is 5.69 Å². The Morgan fingerprint density at radius 2 is 2.29 bits per heavy atom. The molecule has 0 spiro atoms. The topological polar surface area (TPSA) is 88.0 Å². The molecule has 14 heavy (non-hydrogen) atoms. The van der Waals surface area contributed by atoms with E-state index in [1.54, 1.807) is 13.8 Å². The maximum atomic E-state index is 11.5. The number of amides is 1. The van der Waals surface area contributed by atoms with Crippen LogP contribution in [0.5, 0.6) is 0 Å². The van der Waals surface area contributed by atoms with Gasteiger partial charge in [0, 0.05) is 12.7 Å². The lowest BCUT2D eigenvalue weighted by Gasteiger charge is -2.06. The average molecular weight is 195 g/mol. The van der Waals surface area contributed by atoms with Crippen LogP contribution in [0.2, 0.25) is 0 Å². The van der Waals surface area contributed by atoms with Crippen LogP contribution < -0.4 is 16.6 Å². The fourth-order valence-corrected chi connectivity index (χ4v) is 1.16. The fraction of sp³-hybridized carbons (Fsp3) is 0.333. The molecule has 0 aliphatic heterocycles. The second kappa shape index (κ2) is 3.95. The molecule has 0 unspecified atom stereocenters. The third kappa shape index (κ3) is 1.76. The summed E-state index contributed by atoms with van der Waals surface area (Å²) in [4.78, 5) is 25.2. The van der Waals surface area contributed by atoms with Crippen LogP contribution in [-0.2, 0) is 0 Å². The zero-order chi connectivity index (χ0) is 10.7. The van der Waals surface area contributed by atoms with Gasteiger partial charge in [-0.1, -0.05) is 0 Å². The Morgan fingerprint density at radius 3 is 2.86 bits per heavy atom. The minimum Gasteiger partial charge on any atom is -0.397 e. The van der Waals surface area contributed by atoms with Gasteiger partial charge in [-0.2, -0.15) is 0 Å². The van der Waals surface area contributed by atoms with Crippen molar-refractivity contribution >= 4 is 11.6 Å². The van der Waals surface area contributed by atoms with E-state index in [2.05, 4.69) is 10.3 Å². The monoisotopic (exact) mass is 195 g/mol. The molecule has 0 aliphatic rings. The van der Waals surface area contributed by atoms with Gasteiger partial charge in [0.15, 0.2) is 0 Å². The van der Waals surface area contributed by atoms with Gasteiger partial charge in [-0.15, -0.1) is 0 Å². The van der Waals surface area contributed by atoms with Crippen molar-refractivity contribution in [3.8, 4) is 0 Å². The zero-order valence-electron chi connectivity index (χ0n) is 8.18. The summed E-state index contributed by atoms with van der Waals surface area (Å²) in [5.41, 5.74) is 6.17. The van der Waals surface area contributed by atoms with Crippen molar-refractivity contribution in [3.63, 3.8) is 0 Å². The average Bonchev–Trinajstić information content (AvgIpc) is 2.13. The third-order valence-electron chi connectivity index (χ3n) is 1.96. The smallest absolute Gasteiger partial charge is 0.261 e. The molecule has 0 aromatic carbocycles. The highest BCUT2D eigenvalue weighted by atomic mass is 16.2. The van der Waals surface area contributed by atoms with Crippen molar-refractivity contribution in [2.24, 2.45) is 0 Å². The van der Waals surface area contributed by atoms with Crippen molar-refractivity contribution in [3.05, 3.63) is 27.7 Å². The molecule has 0 bridgehead atoms. The number of rotatable bonds is 2. The quantitative estimate of drug-likeness (QED) is 0.621. The molecule has 1 rings (SSSR count). The summed E-state index contributed by atoms with van der Waals surface area (Å²) in [7, 11) is 0. The van der Waals surface area contributed by atoms with Gasteiger partial charge in [0.05, 0.1) is 5.69 Å². The number of nitrogens with two attached hydrogens (primary N) is 1. The Balaban J connectivity index is 3.26. The molecule has 5 nitrogen and oxygen atoms in total. The minimum absolute atomic E-state index is 0.0897. The van der Waals surface area contributed by atoms with Gasteiger partial charge in [0.25, 0.3) is 11.5 Å². The lowest BCUT2D eigenvalue weighted by molar-refractivity contribution is 0.0953. The molecule has 0 saturated heterocycles. The number of carbonyl (C=O) groups is 1. The maximum absolute atomic E-state index is 11.5. The molecular formula is C9H13N3O2. The Morgan fingerprint density at radius 1 is 1.64 bits per heavy atom. The van der Waals surface area contributed by atoms with E-state index >= 15 is 0 Å². The van der Waals surface area contributed by atoms with Gasteiger partial charge in [-0.05, 0) is 19.4 Å². The van der Waals surface area contributed by atoms with Crippen molar-refractivity contribution in [2.75, 3.05) is 12.3 Å². The molecule has 0 radical (unpaired) electrons. The number of aromatic amines is 1. The highest BCUT2D eigenvalue weighted by Gasteiger charge is 2.14. The Kier molecular flexibility index (Phi) is 2.91. The Hall–Kier alpha value is -1.78. The summed E-state index contributed by atoms with van der Waals surface area (Å²) < 4.78 is 0. The summed E-state index contributed by atoms with van der Waals surface area (Å²) in [6, 6.07) is 0. The van der Waals surface area contributed by atoms with E-state index < -0.39 is 11.5 Å². The molecule has 4 N–H and O–H groups in total. The molecule has 5 heteroatoms. The third-order valence-corrected chi connectivity index (χ3v) is 1.96. The highest BCUT2D eigenvalue weighted by Crippen LogP contribution is 2.09. The molecule has 0 aliphatic carbocycles. The van der Waals surface area contributed by atoms with Crippen LogP contribution in [-0.4, -0.2) is 17.4 Å². The molecular weight excluding hydrogens is 182 g/mol. The van der Waals surface area contributed by atoms with Gasteiger partial charge < -0.3 is 16.0 Å². The van der Waals surface area contributed by atoms with Crippen LogP contribution in [0.1, 0.15) is 22.8 Å². The first-order valence-electron chi connectivity index (χ1n) is 4.33. The summed E-state index contributed by atoms with van der Waals surface area (Å²) in [6.45, 7) is 3.91. The van der Waals surface area contributed by atoms with E-state index in [1.807, 2.05) is 0 Å². The molecule has 0 atom stereocenters. The number of carbonyl (C=O) groups excluding carboxylic acids is 1. The molecule has 76 valence electrons.